The molecule has 31 heavy (non-hydrogen) atoms. The third kappa shape index (κ3) is 3.73. The van der Waals surface area contributed by atoms with Gasteiger partial charge in [-0.3, -0.25) is 19.7 Å². The molecule has 3 heterocycles. The summed E-state index contributed by atoms with van der Waals surface area (Å²) in [7, 11) is 0. The predicted octanol–water partition coefficient (Wildman–Crippen LogP) is 3.16. The molecule has 1 fully saturated rings. The first-order valence-electron chi connectivity index (χ1n) is 10.1. The van der Waals surface area contributed by atoms with E-state index in [1.54, 1.807) is 4.90 Å². The van der Waals surface area contributed by atoms with Crippen molar-refractivity contribution in [2.75, 3.05) is 18.1 Å². The lowest BCUT2D eigenvalue weighted by Gasteiger charge is -2.16. The minimum absolute atomic E-state index is 0.0411. The highest BCUT2D eigenvalue weighted by molar-refractivity contribution is 5.98. The molecule has 0 bridgehead atoms. The lowest BCUT2D eigenvalue weighted by molar-refractivity contribution is -0.116. The van der Waals surface area contributed by atoms with Crippen molar-refractivity contribution < 1.29 is 9.32 Å². The lowest BCUT2D eigenvalue weighted by Crippen LogP contribution is -2.25. The van der Waals surface area contributed by atoms with Crippen molar-refractivity contribution in [3.8, 4) is 22.6 Å². The van der Waals surface area contributed by atoms with E-state index in [1.807, 2.05) is 35.9 Å². The number of benzene rings is 2. The molecule has 156 valence electrons. The highest BCUT2D eigenvalue weighted by atomic mass is 16.5. The van der Waals surface area contributed by atoms with Crippen LogP contribution in [0.2, 0.25) is 0 Å². The molecule has 0 atom stereocenters. The van der Waals surface area contributed by atoms with Gasteiger partial charge in [-0.25, -0.2) is 0 Å². The normalized spacial score (nSPS) is 13.9. The van der Waals surface area contributed by atoms with Crippen molar-refractivity contribution in [3.05, 3.63) is 71.7 Å². The Hall–Kier alpha value is -3.78. The van der Waals surface area contributed by atoms with E-state index in [0.29, 0.717) is 25.6 Å². The molecule has 1 aliphatic heterocycles. The standard InChI is InChI=1S/C23H22N6O2/c1-15-3-5-17(6-4-15)12-29-16(2)9-21(26-29)20-10-18(28-13-24-11-22(28)30)7-8-19(20)23-25-14-31-27-23/h3-10,14,24H,11-13H2,1-2H3. The van der Waals surface area contributed by atoms with Gasteiger partial charge < -0.3 is 4.52 Å². The quantitative estimate of drug-likeness (QED) is 0.540. The largest absolute Gasteiger partial charge is 0.342 e. The maximum absolute atomic E-state index is 12.2. The zero-order valence-corrected chi connectivity index (χ0v) is 17.4. The van der Waals surface area contributed by atoms with E-state index >= 15 is 0 Å². The monoisotopic (exact) mass is 414 g/mol. The summed E-state index contributed by atoms with van der Waals surface area (Å²) >= 11 is 0. The summed E-state index contributed by atoms with van der Waals surface area (Å²) in [5.41, 5.74) is 6.72. The van der Waals surface area contributed by atoms with E-state index in [0.717, 1.165) is 28.2 Å². The van der Waals surface area contributed by atoms with Gasteiger partial charge in [-0.2, -0.15) is 10.1 Å². The molecule has 4 aromatic rings. The Morgan fingerprint density at radius 3 is 2.61 bits per heavy atom. The molecule has 1 aliphatic rings. The van der Waals surface area contributed by atoms with Crippen molar-refractivity contribution >= 4 is 11.6 Å². The van der Waals surface area contributed by atoms with Crippen molar-refractivity contribution in [3.63, 3.8) is 0 Å². The summed E-state index contributed by atoms with van der Waals surface area (Å²) < 4.78 is 6.94. The van der Waals surface area contributed by atoms with E-state index in [4.69, 9.17) is 9.62 Å². The topological polar surface area (TPSA) is 89.1 Å². The maximum Gasteiger partial charge on any atom is 0.242 e. The third-order valence-electron chi connectivity index (χ3n) is 5.47. The van der Waals surface area contributed by atoms with Crippen LogP contribution in [0.4, 0.5) is 5.69 Å². The van der Waals surface area contributed by atoms with Crippen LogP contribution in [0, 0.1) is 13.8 Å². The van der Waals surface area contributed by atoms with E-state index in [2.05, 4.69) is 46.6 Å². The van der Waals surface area contributed by atoms with Crippen molar-refractivity contribution in [2.24, 2.45) is 0 Å². The van der Waals surface area contributed by atoms with E-state index in [1.165, 1.54) is 17.5 Å². The molecule has 0 radical (unpaired) electrons. The Kier molecular flexibility index (Phi) is 4.83. The average molecular weight is 414 g/mol. The molecule has 8 nitrogen and oxygen atoms in total. The van der Waals surface area contributed by atoms with Gasteiger partial charge in [0.2, 0.25) is 18.1 Å². The fourth-order valence-electron chi connectivity index (χ4n) is 3.76. The number of hydrogen-bond acceptors (Lipinski definition) is 6. The summed E-state index contributed by atoms with van der Waals surface area (Å²) in [5.74, 6) is 0.525. The van der Waals surface area contributed by atoms with Crippen LogP contribution in [0.3, 0.4) is 0 Å². The fourth-order valence-corrected chi connectivity index (χ4v) is 3.76. The van der Waals surface area contributed by atoms with Crippen LogP contribution in [0.1, 0.15) is 16.8 Å². The van der Waals surface area contributed by atoms with Crippen molar-refractivity contribution in [1.29, 1.82) is 0 Å². The van der Waals surface area contributed by atoms with Gasteiger partial charge in [-0.1, -0.05) is 35.0 Å². The van der Waals surface area contributed by atoms with Gasteiger partial charge in [0, 0.05) is 22.5 Å². The fraction of sp³-hybridized carbons (Fsp3) is 0.217. The second kappa shape index (κ2) is 7.81. The van der Waals surface area contributed by atoms with Crippen LogP contribution in [-0.2, 0) is 11.3 Å². The SMILES string of the molecule is Cc1ccc(Cn2nc(-c3cc(N4CNCC4=O)ccc3-c3ncon3)cc2C)cc1. The zero-order chi connectivity index (χ0) is 21.4. The minimum Gasteiger partial charge on any atom is -0.342 e. The summed E-state index contributed by atoms with van der Waals surface area (Å²) in [6.45, 7) is 5.62. The summed E-state index contributed by atoms with van der Waals surface area (Å²) in [6.07, 6.45) is 1.31. The predicted molar refractivity (Wildman–Crippen MR) is 116 cm³/mol. The summed E-state index contributed by atoms with van der Waals surface area (Å²) in [4.78, 5) is 18.2. The van der Waals surface area contributed by atoms with Crippen LogP contribution in [0.15, 0.2) is 59.4 Å². The summed E-state index contributed by atoms with van der Waals surface area (Å²) in [6, 6.07) is 16.3. The van der Waals surface area contributed by atoms with Gasteiger partial charge >= 0.3 is 0 Å². The molecular formula is C23H22N6O2. The zero-order valence-electron chi connectivity index (χ0n) is 17.4. The maximum atomic E-state index is 12.2. The number of rotatable bonds is 5. The van der Waals surface area contributed by atoms with Gasteiger partial charge in [0.1, 0.15) is 0 Å². The number of aryl methyl sites for hydroxylation is 2. The Bertz CT molecular complexity index is 1230. The molecule has 8 heteroatoms. The van der Waals surface area contributed by atoms with Crippen LogP contribution < -0.4 is 10.2 Å². The molecule has 0 spiro atoms. The number of nitrogens with zero attached hydrogens (tertiary/aromatic N) is 5. The van der Waals surface area contributed by atoms with Crippen LogP contribution >= 0.6 is 0 Å². The van der Waals surface area contributed by atoms with Crippen molar-refractivity contribution in [1.82, 2.24) is 25.2 Å². The lowest BCUT2D eigenvalue weighted by atomic mass is 10.0. The minimum atomic E-state index is 0.0411. The Morgan fingerprint density at radius 1 is 1.06 bits per heavy atom. The molecule has 0 saturated carbocycles. The highest BCUT2D eigenvalue weighted by Crippen LogP contribution is 2.34. The smallest absolute Gasteiger partial charge is 0.242 e. The molecular weight excluding hydrogens is 392 g/mol. The molecule has 0 aliphatic carbocycles. The number of anilines is 1. The van der Waals surface area contributed by atoms with Crippen molar-refractivity contribution in [2.45, 2.75) is 20.4 Å². The number of carbonyl (C=O) groups is 1. The Balaban J connectivity index is 1.56. The number of nitrogens with one attached hydrogen (secondary N) is 1. The first-order chi connectivity index (χ1) is 15.1. The van der Waals surface area contributed by atoms with Gasteiger partial charge in [0.25, 0.3) is 0 Å². The van der Waals surface area contributed by atoms with E-state index < -0.39 is 0 Å². The second-order valence-electron chi connectivity index (χ2n) is 7.71. The first-order valence-corrected chi connectivity index (χ1v) is 10.1. The third-order valence-corrected chi connectivity index (χ3v) is 5.47. The highest BCUT2D eigenvalue weighted by Gasteiger charge is 2.23. The van der Waals surface area contributed by atoms with E-state index in [-0.39, 0.29) is 5.91 Å². The van der Waals surface area contributed by atoms with Gasteiger partial charge in [0.05, 0.1) is 25.5 Å². The van der Waals surface area contributed by atoms with Crippen LogP contribution in [-0.4, -0.2) is 39.0 Å². The average Bonchev–Trinajstić information content (AvgIpc) is 3.52. The second-order valence-corrected chi connectivity index (χ2v) is 7.71. The molecule has 1 amide bonds. The molecule has 1 N–H and O–H groups in total. The first kappa shape index (κ1) is 19.2. The molecule has 5 rings (SSSR count). The van der Waals surface area contributed by atoms with Crippen LogP contribution in [0.5, 0.6) is 0 Å². The Morgan fingerprint density at radius 2 is 1.90 bits per heavy atom. The molecule has 2 aromatic heterocycles. The van der Waals surface area contributed by atoms with Gasteiger partial charge in [0.15, 0.2) is 0 Å². The molecule has 0 unspecified atom stereocenters. The van der Waals surface area contributed by atoms with Crippen LogP contribution in [0.25, 0.3) is 22.6 Å². The van der Waals surface area contributed by atoms with Gasteiger partial charge in [-0.15, -0.1) is 0 Å². The number of carbonyl (C=O) groups excluding carboxylic acids is 1. The number of amides is 1. The van der Waals surface area contributed by atoms with Gasteiger partial charge in [-0.05, 0) is 43.7 Å². The molecule has 1 saturated heterocycles. The number of aromatic nitrogens is 4. The number of hydrogen-bond donors (Lipinski definition) is 1. The van der Waals surface area contributed by atoms with E-state index in [9.17, 15) is 4.79 Å². The molecule has 2 aromatic carbocycles. The Labute approximate surface area is 179 Å². The summed E-state index contributed by atoms with van der Waals surface area (Å²) in [5, 5.41) is 12.0.